The number of hydrogen-bond donors (Lipinski definition) is 2. The SMILES string of the molecule is Cc1ccccc1Cn1ccc(NC(=S)Nc2c(C)nn(Cc3ccc(Cl)c(Cl)c3)c2C)n1. The smallest absolute Gasteiger partial charge is 0.176 e. The predicted molar refractivity (Wildman–Crippen MR) is 140 cm³/mol. The van der Waals surface area contributed by atoms with E-state index in [9.17, 15) is 0 Å². The second-order valence-electron chi connectivity index (χ2n) is 7.86. The van der Waals surface area contributed by atoms with Crippen LogP contribution in [0, 0.1) is 20.8 Å². The molecule has 0 unspecified atom stereocenters. The number of anilines is 2. The molecule has 0 bridgehead atoms. The maximum Gasteiger partial charge on any atom is 0.176 e. The Bertz CT molecular complexity index is 1310. The van der Waals surface area contributed by atoms with Crippen LogP contribution >= 0.6 is 35.4 Å². The van der Waals surface area contributed by atoms with Crippen molar-refractivity contribution >= 4 is 52.0 Å². The number of aryl methyl sites for hydroxylation is 2. The van der Waals surface area contributed by atoms with Crippen molar-refractivity contribution in [2.75, 3.05) is 10.6 Å². The molecule has 0 aliphatic heterocycles. The molecule has 0 atom stereocenters. The van der Waals surface area contributed by atoms with E-state index in [1.54, 1.807) is 6.07 Å². The summed E-state index contributed by atoms with van der Waals surface area (Å²) < 4.78 is 3.80. The van der Waals surface area contributed by atoms with Gasteiger partial charge in [0, 0.05) is 12.3 Å². The van der Waals surface area contributed by atoms with Gasteiger partial charge in [-0.3, -0.25) is 9.36 Å². The van der Waals surface area contributed by atoms with Crippen LogP contribution in [0.1, 0.15) is 28.1 Å². The summed E-state index contributed by atoms with van der Waals surface area (Å²) in [7, 11) is 0. The number of rotatable bonds is 6. The fourth-order valence-electron chi connectivity index (χ4n) is 3.58. The topological polar surface area (TPSA) is 59.7 Å². The highest BCUT2D eigenvalue weighted by Crippen LogP contribution is 2.25. The molecule has 0 spiro atoms. The van der Waals surface area contributed by atoms with Crippen molar-refractivity contribution in [2.24, 2.45) is 0 Å². The minimum atomic E-state index is 0.455. The van der Waals surface area contributed by atoms with E-state index in [4.69, 9.17) is 35.4 Å². The molecule has 4 aromatic rings. The van der Waals surface area contributed by atoms with Crippen molar-refractivity contribution in [3.8, 4) is 0 Å². The average molecular weight is 499 g/mol. The Morgan fingerprint density at radius 2 is 1.73 bits per heavy atom. The third-order valence-electron chi connectivity index (χ3n) is 5.41. The van der Waals surface area contributed by atoms with Gasteiger partial charge >= 0.3 is 0 Å². The summed E-state index contributed by atoms with van der Waals surface area (Å²) in [5.74, 6) is 0.680. The highest BCUT2D eigenvalue weighted by atomic mass is 35.5. The van der Waals surface area contributed by atoms with Gasteiger partial charge in [-0.05, 0) is 61.8 Å². The van der Waals surface area contributed by atoms with Crippen LogP contribution in [0.15, 0.2) is 54.7 Å². The number of nitrogens with zero attached hydrogens (tertiary/aromatic N) is 4. The third kappa shape index (κ3) is 5.55. The Hall–Kier alpha value is -2.87. The van der Waals surface area contributed by atoms with E-state index >= 15 is 0 Å². The van der Waals surface area contributed by atoms with Gasteiger partial charge < -0.3 is 10.6 Å². The first-order chi connectivity index (χ1) is 15.8. The molecule has 0 aliphatic rings. The normalized spacial score (nSPS) is 10.9. The van der Waals surface area contributed by atoms with Gasteiger partial charge in [0.25, 0.3) is 0 Å². The van der Waals surface area contributed by atoms with Gasteiger partial charge in [0.1, 0.15) is 0 Å². The Morgan fingerprint density at radius 1 is 0.939 bits per heavy atom. The number of thiocarbonyl (C=S) groups is 1. The molecular formula is C24H24Cl2N6S. The first-order valence-electron chi connectivity index (χ1n) is 10.4. The van der Waals surface area contributed by atoms with E-state index < -0.39 is 0 Å². The van der Waals surface area contributed by atoms with E-state index in [2.05, 4.69) is 39.9 Å². The number of nitrogens with one attached hydrogen (secondary N) is 2. The number of halogens is 2. The van der Waals surface area contributed by atoms with Crippen molar-refractivity contribution in [1.82, 2.24) is 19.6 Å². The van der Waals surface area contributed by atoms with Crippen LogP contribution in [0.3, 0.4) is 0 Å². The van der Waals surface area contributed by atoms with Gasteiger partial charge in [-0.25, -0.2) is 0 Å². The fourth-order valence-corrected chi connectivity index (χ4v) is 4.11. The maximum atomic E-state index is 6.15. The zero-order valence-corrected chi connectivity index (χ0v) is 20.9. The second kappa shape index (κ2) is 9.95. The molecule has 2 heterocycles. The van der Waals surface area contributed by atoms with Crippen molar-refractivity contribution in [1.29, 1.82) is 0 Å². The standard InChI is InChI=1S/C24H24Cl2N6S/c1-15-6-4-5-7-19(15)14-31-11-10-22(30-31)27-24(33)28-23-16(2)29-32(17(23)3)13-18-8-9-20(25)21(26)12-18/h4-12H,13-14H2,1-3H3,(H2,27,28,30,33). The minimum absolute atomic E-state index is 0.455. The van der Waals surface area contributed by atoms with Crippen LogP contribution in [-0.2, 0) is 13.1 Å². The summed E-state index contributed by atoms with van der Waals surface area (Å²) in [6, 6.07) is 15.8. The molecule has 2 aromatic carbocycles. The second-order valence-corrected chi connectivity index (χ2v) is 9.08. The van der Waals surface area contributed by atoms with Gasteiger partial charge in [0.05, 0.1) is 40.2 Å². The zero-order valence-electron chi connectivity index (χ0n) is 18.6. The molecule has 9 heteroatoms. The summed E-state index contributed by atoms with van der Waals surface area (Å²) in [5, 5.41) is 17.2. The van der Waals surface area contributed by atoms with Crippen LogP contribution < -0.4 is 10.6 Å². The fraction of sp³-hybridized carbons (Fsp3) is 0.208. The van der Waals surface area contributed by atoms with E-state index in [-0.39, 0.29) is 0 Å². The van der Waals surface area contributed by atoms with E-state index in [0.29, 0.717) is 34.1 Å². The van der Waals surface area contributed by atoms with Crippen LogP contribution in [0.4, 0.5) is 11.5 Å². The highest BCUT2D eigenvalue weighted by Gasteiger charge is 2.14. The molecule has 0 aliphatic carbocycles. The quantitative estimate of drug-likeness (QED) is 0.309. The van der Waals surface area contributed by atoms with Crippen LogP contribution in [-0.4, -0.2) is 24.7 Å². The van der Waals surface area contributed by atoms with E-state index in [1.165, 1.54) is 11.1 Å². The Kier molecular flexibility index (Phi) is 7.02. The van der Waals surface area contributed by atoms with Crippen molar-refractivity contribution < 1.29 is 0 Å². The van der Waals surface area contributed by atoms with Gasteiger partial charge in [0.15, 0.2) is 10.9 Å². The molecule has 6 nitrogen and oxygen atoms in total. The molecule has 170 valence electrons. The molecule has 33 heavy (non-hydrogen) atoms. The number of benzene rings is 2. The average Bonchev–Trinajstić information content (AvgIpc) is 3.31. The van der Waals surface area contributed by atoms with Crippen molar-refractivity contribution in [3.63, 3.8) is 0 Å². The summed E-state index contributed by atoms with van der Waals surface area (Å²) in [4.78, 5) is 0. The van der Waals surface area contributed by atoms with Gasteiger partial charge in [-0.1, -0.05) is 53.5 Å². The summed E-state index contributed by atoms with van der Waals surface area (Å²) in [6.07, 6.45) is 1.93. The van der Waals surface area contributed by atoms with Gasteiger partial charge in [0.2, 0.25) is 0 Å². The highest BCUT2D eigenvalue weighted by molar-refractivity contribution is 7.80. The summed E-state index contributed by atoms with van der Waals surface area (Å²) in [5.41, 5.74) is 6.17. The molecule has 4 rings (SSSR count). The molecule has 0 fully saturated rings. The first-order valence-corrected chi connectivity index (χ1v) is 11.6. The molecule has 0 saturated carbocycles. The largest absolute Gasteiger partial charge is 0.329 e. The van der Waals surface area contributed by atoms with Gasteiger partial charge in [-0.2, -0.15) is 10.2 Å². The zero-order chi connectivity index (χ0) is 23.5. The summed E-state index contributed by atoms with van der Waals surface area (Å²) in [6.45, 7) is 7.33. The predicted octanol–water partition coefficient (Wildman–Crippen LogP) is 6.22. The van der Waals surface area contributed by atoms with E-state index in [1.807, 2.05) is 59.7 Å². The lowest BCUT2D eigenvalue weighted by molar-refractivity contribution is 0.659. The Labute approximate surface area is 208 Å². The third-order valence-corrected chi connectivity index (χ3v) is 6.36. The molecule has 2 aromatic heterocycles. The molecule has 0 amide bonds. The minimum Gasteiger partial charge on any atom is -0.329 e. The lowest BCUT2D eigenvalue weighted by Crippen LogP contribution is -2.20. The lowest BCUT2D eigenvalue weighted by atomic mass is 10.1. The lowest BCUT2D eigenvalue weighted by Gasteiger charge is -2.10. The van der Waals surface area contributed by atoms with Crippen LogP contribution in [0.5, 0.6) is 0 Å². The first kappa shape index (κ1) is 23.3. The number of hydrogen-bond acceptors (Lipinski definition) is 3. The monoisotopic (exact) mass is 498 g/mol. The molecule has 0 radical (unpaired) electrons. The van der Waals surface area contributed by atoms with Crippen molar-refractivity contribution in [2.45, 2.75) is 33.9 Å². The Balaban J connectivity index is 1.41. The number of aromatic nitrogens is 4. The molecular weight excluding hydrogens is 475 g/mol. The van der Waals surface area contributed by atoms with Crippen LogP contribution in [0.25, 0.3) is 0 Å². The van der Waals surface area contributed by atoms with Gasteiger partial charge in [-0.15, -0.1) is 0 Å². The molecule has 2 N–H and O–H groups in total. The maximum absolute atomic E-state index is 6.15. The Morgan fingerprint density at radius 3 is 2.48 bits per heavy atom. The van der Waals surface area contributed by atoms with E-state index in [0.717, 1.165) is 22.6 Å². The van der Waals surface area contributed by atoms with Crippen molar-refractivity contribution in [3.05, 3.63) is 92.9 Å². The molecule has 0 saturated heterocycles. The summed E-state index contributed by atoms with van der Waals surface area (Å²) >= 11 is 17.7. The van der Waals surface area contributed by atoms with Crippen LogP contribution in [0.2, 0.25) is 10.0 Å².